The van der Waals surface area contributed by atoms with Crippen LogP contribution in [0, 0.1) is 11.7 Å². The van der Waals surface area contributed by atoms with Gasteiger partial charge in [0.25, 0.3) is 0 Å². The fraction of sp³-hybridized carbons (Fsp3) is 0.467. The molecule has 21 heavy (non-hydrogen) atoms. The van der Waals surface area contributed by atoms with Crippen LogP contribution in [0.4, 0.5) is 4.39 Å². The highest BCUT2D eigenvalue weighted by Gasteiger charge is 2.20. The first-order valence-electron chi connectivity index (χ1n) is 6.54. The fourth-order valence-corrected chi connectivity index (χ4v) is 1.70. The highest BCUT2D eigenvalue weighted by atomic mass is 35.5. The first-order chi connectivity index (χ1) is 9.19. The van der Waals surface area contributed by atoms with E-state index in [1.165, 1.54) is 18.2 Å². The van der Waals surface area contributed by atoms with Crippen molar-refractivity contribution in [3.05, 3.63) is 35.6 Å². The topological polar surface area (TPSA) is 72.2 Å². The lowest BCUT2D eigenvalue weighted by atomic mass is 9.96. The number of halogens is 2. The van der Waals surface area contributed by atoms with Crippen LogP contribution in [0.15, 0.2) is 24.3 Å². The Hall–Kier alpha value is -1.46. The summed E-state index contributed by atoms with van der Waals surface area (Å²) in [6, 6.07) is 5.48. The SMILES string of the molecule is CC(CC(=O)NCC(C)(C)N)C(=O)c1cccc(F)c1.Cl. The van der Waals surface area contributed by atoms with E-state index in [1.54, 1.807) is 26.8 Å². The van der Waals surface area contributed by atoms with Gasteiger partial charge in [0.1, 0.15) is 5.82 Å². The average Bonchev–Trinajstić information content (AvgIpc) is 2.34. The lowest BCUT2D eigenvalue weighted by Crippen LogP contribution is -2.45. The standard InChI is InChI=1S/C15H21FN2O2.ClH/c1-10(7-13(19)18-9-15(2,3)17)14(20)11-5-4-6-12(16)8-11;/h4-6,8,10H,7,9,17H2,1-3H3,(H,18,19);1H. The van der Waals surface area contributed by atoms with Gasteiger partial charge < -0.3 is 11.1 Å². The molecule has 1 amide bonds. The van der Waals surface area contributed by atoms with Crippen LogP contribution in [0.25, 0.3) is 0 Å². The Morgan fingerprint density at radius 2 is 2.00 bits per heavy atom. The minimum absolute atomic E-state index is 0. The van der Waals surface area contributed by atoms with Crippen LogP contribution in [0.3, 0.4) is 0 Å². The molecular weight excluding hydrogens is 295 g/mol. The molecule has 0 aliphatic carbocycles. The summed E-state index contributed by atoms with van der Waals surface area (Å²) in [5.74, 6) is -1.44. The van der Waals surface area contributed by atoms with Crippen molar-refractivity contribution in [2.45, 2.75) is 32.7 Å². The van der Waals surface area contributed by atoms with Crippen LogP contribution in [0.1, 0.15) is 37.6 Å². The normalized spacial score (nSPS) is 12.2. The summed E-state index contributed by atoms with van der Waals surface area (Å²) < 4.78 is 13.1. The van der Waals surface area contributed by atoms with E-state index in [0.717, 1.165) is 0 Å². The molecule has 1 atom stereocenters. The minimum atomic E-state index is -0.502. The molecular formula is C15H22ClFN2O2. The van der Waals surface area contributed by atoms with Crippen molar-refractivity contribution in [1.29, 1.82) is 0 Å². The van der Waals surface area contributed by atoms with Gasteiger partial charge in [-0.1, -0.05) is 19.1 Å². The predicted molar refractivity (Wildman–Crippen MR) is 83.0 cm³/mol. The molecule has 0 spiro atoms. The summed E-state index contributed by atoms with van der Waals surface area (Å²) in [4.78, 5) is 23.8. The van der Waals surface area contributed by atoms with E-state index in [0.29, 0.717) is 6.54 Å². The Labute approximate surface area is 130 Å². The van der Waals surface area contributed by atoms with Crippen molar-refractivity contribution in [1.82, 2.24) is 5.32 Å². The molecule has 0 bridgehead atoms. The van der Waals surface area contributed by atoms with Crippen molar-refractivity contribution in [3.63, 3.8) is 0 Å². The molecule has 3 N–H and O–H groups in total. The van der Waals surface area contributed by atoms with Crippen LogP contribution >= 0.6 is 12.4 Å². The zero-order chi connectivity index (χ0) is 15.3. The molecule has 1 unspecified atom stereocenters. The third kappa shape index (κ3) is 7.20. The van der Waals surface area contributed by atoms with Crippen molar-refractivity contribution in [2.24, 2.45) is 11.7 Å². The van der Waals surface area contributed by atoms with Gasteiger partial charge in [-0.3, -0.25) is 9.59 Å². The van der Waals surface area contributed by atoms with Gasteiger partial charge in [0.15, 0.2) is 5.78 Å². The van der Waals surface area contributed by atoms with Crippen LogP contribution in [0.5, 0.6) is 0 Å². The van der Waals surface area contributed by atoms with Gasteiger partial charge in [-0.2, -0.15) is 0 Å². The number of carbonyl (C=O) groups is 2. The van der Waals surface area contributed by atoms with Gasteiger partial charge in [-0.05, 0) is 26.0 Å². The highest BCUT2D eigenvalue weighted by Crippen LogP contribution is 2.13. The number of Topliss-reactive ketones (excluding diaryl/α,β-unsaturated/α-hetero) is 1. The molecule has 0 aliphatic heterocycles. The summed E-state index contributed by atoms with van der Waals surface area (Å²) in [6.07, 6.45) is 0.0609. The maximum absolute atomic E-state index is 13.1. The largest absolute Gasteiger partial charge is 0.354 e. The number of benzene rings is 1. The molecule has 1 aromatic carbocycles. The summed E-state index contributed by atoms with van der Waals surface area (Å²) in [6.45, 7) is 5.59. The number of carbonyl (C=O) groups excluding carboxylic acids is 2. The lowest BCUT2D eigenvalue weighted by molar-refractivity contribution is -0.121. The monoisotopic (exact) mass is 316 g/mol. The number of ketones is 1. The Kier molecular flexibility index (Phi) is 7.53. The van der Waals surface area contributed by atoms with Crippen molar-refractivity contribution < 1.29 is 14.0 Å². The quantitative estimate of drug-likeness (QED) is 0.791. The molecule has 4 nitrogen and oxygen atoms in total. The number of nitrogens with one attached hydrogen (secondary N) is 1. The molecule has 0 fully saturated rings. The molecule has 0 saturated heterocycles. The number of hydrogen-bond acceptors (Lipinski definition) is 3. The number of hydrogen-bond donors (Lipinski definition) is 2. The Morgan fingerprint density at radius 3 is 2.52 bits per heavy atom. The Balaban J connectivity index is 0.00000400. The van der Waals surface area contributed by atoms with Crippen LogP contribution in [-0.2, 0) is 4.79 Å². The van der Waals surface area contributed by atoms with E-state index in [4.69, 9.17) is 5.73 Å². The molecule has 0 aliphatic rings. The van der Waals surface area contributed by atoms with Gasteiger partial charge in [-0.15, -0.1) is 12.4 Å². The van der Waals surface area contributed by atoms with Gasteiger partial charge in [-0.25, -0.2) is 4.39 Å². The molecule has 0 radical (unpaired) electrons. The van der Waals surface area contributed by atoms with E-state index in [1.807, 2.05) is 0 Å². The predicted octanol–water partition coefficient (Wildman–Crippen LogP) is 2.31. The smallest absolute Gasteiger partial charge is 0.220 e. The second-order valence-corrected chi connectivity index (χ2v) is 5.75. The maximum Gasteiger partial charge on any atom is 0.220 e. The van der Waals surface area contributed by atoms with Gasteiger partial charge in [0.05, 0.1) is 0 Å². The molecule has 0 heterocycles. The Bertz CT molecular complexity index is 501. The van der Waals surface area contributed by atoms with E-state index < -0.39 is 17.3 Å². The zero-order valence-corrected chi connectivity index (χ0v) is 13.3. The molecule has 0 aromatic heterocycles. The average molecular weight is 317 g/mol. The maximum atomic E-state index is 13.1. The van der Waals surface area contributed by atoms with Crippen LogP contribution < -0.4 is 11.1 Å². The van der Waals surface area contributed by atoms with E-state index >= 15 is 0 Å². The third-order valence-electron chi connectivity index (χ3n) is 2.79. The molecule has 1 aromatic rings. The second kappa shape index (κ2) is 8.10. The second-order valence-electron chi connectivity index (χ2n) is 5.75. The molecule has 0 saturated carbocycles. The van der Waals surface area contributed by atoms with Crippen molar-refractivity contribution in [3.8, 4) is 0 Å². The van der Waals surface area contributed by atoms with Gasteiger partial charge in [0, 0.05) is 30.0 Å². The highest BCUT2D eigenvalue weighted by molar-refractivity contribution is 5.99. The summed E-state index contributed by atoms with van der Waals surface area (Å²) in [5.41, 5.74) is 5.55. The first-order valence-corrected chi connectivity index (χ1v) is 6.54. The summed E-state index contributed by atoms with van der Waals surface area (Å²) in [7, 11) is 0. The van der Waals surface area contributed by atoms with Crippen molar-refractivity contribution >= 4 is 24.1 Å². The molecule has 118 valence electrons. The van der Waals surface area contributed by atoms with E-state index in [-0.39, 0.29) is 36.1 Å². The zero-order valence-electron chi connectivity index (χ0n) is 12.5. The number of amides is 1. The summed E-state index contributed by atoms with van der Waals surface area (Å²) in [5, 5.41) is 2.68. The minimum Gasteiger partial charge on any atom is -0.354 e. The van der Waals surface area contributed by atoms with E-state index in [2.05, 4.69) is 5.32 Å². The molecule has 1 rings (SSSR count). The van der Waals surface area contributed by atoms with Gasteiger partial charge >= 0.3 is 0 Å². The third-order valence-corrected chi connectivity index (χ3v) is 2.79. The fourth-order valence-electron chi connectivity index (χ4n) is 1.70. The number of nitrogens with two attached hydrogens (primary N) is 1. The Morgan fingerprint density at radius 1 is 1.38 bits per heavy atom. The summed E-state index contributed by atoms with van der Waals surface area (Å²) >= 11 is 0. The lowest BCUT2D eigenvalue weighted by Gasteiger charge is -2.19. The molecule has 6 heteroatoms. The van der Waals surface area contributed by atoms with Crippen LogP contribution in [0.2, 0.25) is 0 Å². The number of rotatable bonds is 6. The van der Waals surface area contributed by atoms with Gasteiger partial charge in [0.2, 0.25) is 5.91 Å². The first kappa shape index (κ1) is 19.5. The van der Waals surface area contributed by atoms with Crippen LogP contribution in [-0.4, -0.2) is 23.8 Å². The van der Waals surface area contributed by atoms with Crippen molar-refractivity contribution in [2.75, 3.05) is 6.54 Å². The van der Waals surface area contributed by atoms with E-state index in [9.17, 15) is 14.0 Å².